The van der Waals surface area contributed by atoms with Crippen LogP contribution < -0.4 is 5.32 Å². The standard InChI is InChI=1S/C13H15NO/c1-8-3-4-10(5-9(8)2)13-6-11(13)12(15)14-7-13/h3-5,11H,6-7H2,1-2H3,(H,14,15)/t11?,13-/m0/s1. The van der Waals surface area contributed by atoms with Crippen molar-refractivity contribution in [2.75, 3.05) is 6.54 Å². The maximum absolute atomic E-state index is 11.4. The van der Waals surface area contributed by atoms with E-state index in [9.17, 15) is 4.79 Å². The maximum atomic E-state index is 11.4. The minimum absolute atomic E-state index is 0.148. The Kier molecular flexibility index (Phi) is 1.57. The zero-order valence-electron chi connectivity index (χ0n) is 9.13. The molecule has 2 nitrogen and oxygen atoms in total. The monoisotopic (exact) mass is 201 g/mol. The second-order valence-corrected chi connectivity index (χ2v) is 4.93. The SMILES string of the molecule is Cc1ccc([C@]23CNC(=O)C2C3)cc1C. The predicted molar refractivity (Wildman–Crippen MR) is 58.7 cm³/mol. The van der Waals surface area contributed by atoms with Crippen molar-refractivity contribution in [1.29, 1.82) is 0 Å². The number of benzene rings is 1. The average molecular weight is 201 g/mol. The lowest BCUT2D eigenvalue weighted by Gasteiger charge is -2.13. The van der Waals surface area contributed by atoms with E-state index >= 15 is 0 Å². The zero-order chi connectivity index (χ0) is 10.6. The first-order valence-electron chi connectivity index (χ1n) is 5.49. The van der Waals surface area contributed by atoms with Gasteiger partial charge in [-0.15, -0.1) is 0 Å². The second-order valence-electron chi connectivity index (χ2n) is 4.93. The van der Waals surface area contributed by atoms with Gasteiger partial charge in [0.15, 0.2) is 0 Å². The van der Waals surface area contributed by atoms with Gasteiger partial charge in [0.25, 0.3) is 0 Å². The van der Waals surface area contributed by atoms with E-state index < -0.39 is 0 Å². The molecule has 2 heteroatoms. The summed E-state index contributed by atoms with van der Waals surface area (Å²) in [5.41, 5.74) is 4.14. The number of carbonyl (C=O) groups is 1. The Balaban J connectivity index is 2.01. The van der Waals surface area contributed by atoms with Crippen molar-refractivity contribution in [2.45, 2.75) is 25.7 Å². The van der Waals surface area contributed by atoms with E-state index in [0.29, 0.717) is 0 Å². The summed E-state index contributed by atoms with van der Waals surface area (Å²) in [6.45, 7) is 5.09. The Morgan fingerprint density at radius 2 is 2.13 bits per heavy atom. The Morgan fingerprint density at radius 1 is 1.33 bits per heavy atom. The van der Waals surface area contributed by atoms with Crippen molar-refractivity contribution in [3.05, 3.63) is 34.9 Å². The Labute approximate surface area is 89.7 Å². The van der Waals surface area contributed by atoms with Crippen molar-refractivity contribution in [3.8, 4) is 0 Å². The van der Waals surface area contributed by atoms with Gasteiger partial charge in [0, 0.05) is 12.0 Å². The summed E-state index contributed by atoms with van der Waals surface area (Å²) in [6.07, 6.45) is 1.04. The van der Waals surface area contributed by atoms with Gasteiger partial charge in [-0.25, -0.2) is 0 Å². The van der Waals surface area contributed by atoms with Crippen LogP contribution in [0.15, 0.2) is 18.2 Å². The van der Waals surface area contributed by atoms with E-state index in [1.165, 1.54) is 16.7 Å². The first kappa shape index (κ1) is 8.96. The third-order valence-electron chi connectivity index (χ3n) is 4.05. The summed E-state index contributed by atoms with van der Waals surface area (Å²) in [7, 11) is 0. The Bertz CT molecular complexity index is 452. The largest absolute Gasteiger partial charge is 0.355 e. The lowest BCUT2D eigenvalue weighted by Crippen LogP contribution is -2.22. The van der Waals surface area contributed by atoms with Gasteiger partial charge in [-0.1, -0.05) is 18.2 Å². The van der Waals surface area contributed by atoms with Crippen LogP contribution in [0.5, 0.6) is 0 Å². The lowest BCUT2D eigenvalue weighted by molar-refractivity contribution is -0.120. The Hall–Kier alpha value is -1.31. The molecule has 2 fully saturated rings. The van der Waals surface area contributed by atoms with Gasteiger partial charge in [-0.05, 0) is 37.0 Å². The van der Waals surface area contributed by atoms with E-state index in [1.54, 1.807) is 0 Å². The van der Waals surface area contributed by atoms with Crippen LogP contribution in [0.4, 0.5) is 0 Å². The van der Waals surface area contributed by atoms with E-state index in [1.807, 2.05) is 0 Å². The fourth-order valence-electron chi connectivity index (χ4n) is 2.68. The molecule has 0 radical (unpaired) electrons. The number of hydrogen-bond donors (Lipinski definition) is 1. The molecule has 1 unspecified atom stereocenters. The summed E-state index contributed by atoms with van der Waals surface area (Å²) in [6, 6.07) is 6.59. The van der Waals surface area contributed by atoms with Crippen LogP contribution in [0.3, 0.4) is 0 Å². The molecular formula is C13H15NO. The molecule has 15 heavy (non-hydrogen) atoms. The topological polar surface area (TPSA) is 29.1 Å². The van der Waals surface area contributed by atoms with Gasteiger partial charge >= 0.3 is 0 Å². The minimum Gasteiger partial charge on any atom is -0.355 e. The van der Waals surface area contributed by atoms with Crippen LogP contribution in [0, 0.1) is 19.8 Å². The molecule has 1 saturated heterocycles. The summed E-state index contributed by atoms with van der Waals surface area (Å²) in [5, 5.41) is 2.95. The fourth-order valence-corrected chi connectivity index (χ4v) is 2.68. The fraction of sp³-hybridized carbons (Fsp3) is 0.462. The highest BCUT2D eigenvalue weighted by Gasteiger charge is 2.63. The van der Waals surface area contributed by atoms with Crippen LogP contribution >= 0.6 is 0 Å². The molecule has 3 rings (SSSR count). The molecule has 1 heterocycles. The smallest absolute Gasteiger partial charge is 0.224 e. The summed E-state index contributed by atoms with van der Waals surface area (Å²) in [5.74, 6) is 0.493. The van der Waals surface area contributed by atoms with Crippen molar-refractivity contribution < 1.29 is 4.79 Å². The number of fused-ring (bicyclic) bond motifs is 1. The maximum Gasteiger partial charge on any atom is 0.224 e. The van der Waals surface area contributed by atoms with E-state index in [2.05, 4.69) is 37.4 Å². The molecule has 78 valence electrons. The molecular weight excluding hydrogens is 186 g/mol. The number of rotatable bonds is 1. The molecule has 1 aromatic carbocycles. The van der Waals surface area contributed by atoms with E-state index in [0.717, 1.165) is 13.0 Å². The van der Waals surface area contributed by atoms with Crippen molar-refractivity contribution >= 4 is 5.91 Å². The molecule has 0 bridgehead atoms. The van der Waals surface area contributed by atoms with Gasteiger partial charge in [0.1, 0.15) is 0 Å². The van der Waals surface area contributed by atoms with Crippen LogP contribution in [0.2, 0.25) is 0 Å². The second kappa shape index (κ2) is 2.63. The van der Waals surface area contributed by atoms with E-state index in [-0.39, 0.29) is 17.2 Å². The van der Waals surface area contributed by atoms with Crippen LogP contribution in [0.1, 0.15) is 23.1 Å². The lowest BCUT2D eigenvalue weighted by atomic mass is 9.92. The molecule has 2 atom stereocenters. The average Bonchev–Trinajstić information content (AvgIpc) is 2.88. The molecule has 1 aliphatic heterocycles. The molecule has 0 aromatic heterocycles. The predicted octanol–water partition coefficient (Wildman–Crippen LogP) is 1.69. The normalized spacial score (nSPS) is 32.4. The highest BCUT2D eigenvalue weighted by molar-refractivity contribution is 5.88. The van der Waals surface area contributed by atoms with E-state index in [4.69, 9.17) is 0 Å². The summed E-state index contributed by atoms with van der Waals surface area (Å²) in [4.78, 5) is 11.4. The molecule has 2 aliphatic rings. The van der Waals surface area contributed by atoms with Crippen molar-refractivity contribution in [3.63, 3.8) is 0 Å². The molecule has 1 saturated carbocycles. The first-order valence-corrected chi connectivity index (χ1v) is 5.49. The number of nitrogens with one attached hydrogen (secondary N) is 1. The van der Waals surface area contributed by atoms with Crippen LogP contribution in [-0.2, 0) is 10.2 Å². The quantitative estimate of drug-likeness (QED) is 0.736. The van der Waals surface area contributed by atoms with Gasteiger partial charge < -0.3 is 5.32 Å². The molecule has 1 aromatic rings. The van der Waals surface area contributed by atoms with Gasteiger partial charge in [0.05, 0.1) is 5.92 Å². The van der Waals surface area contributed by atoms with Crippen molar-refractivity contribution in [2.24, 2.45) is 5.92 Å². The number of piperidine rings is 1. The molecule has 0 spiro atoms. The zero-order valence-corrected chi connectivity index (χ0v) is 9.13. The highest BCUT2D eigenvalue weighted by Crippen LogP contribution is 2.57. The van der Waals surface area contributed by atoms with Gasteiger partial charge in [-0.2, -0.15) is 0 Å². The Morgan fingerprint density at radius 3 is 2.67 bits per heavy atom. The number of carbonyl (C=O) groups excluding carboxylic acids is 1. The summed E-state index contributed by atoms with van der Waals surface area (Å²) < 4.78 is 0. The number of hydrogen-bond acceptors (Lipinski definition) is 1. The number of aryl methyl sites for hydroxylation is 2. The van der Waals surface area contributed by atoms with Gasteiger partial charge in [-0.3, -0.25) is 4.79 Å². The van der Waals surface area contributed by atoms with Crippen LogP contribution in [-0.4, -0.2) is 12.5 Å². The third-order valence-corrected chi connectivity index (χ3v) is 4.05. The van der Waals surface area contributed by atoms with Gasteiger partial charge in [0.2, 0.25) is 5.91 Å². The third kappa shape index (κ3) is 1.08. The molecule has 1 N–H and O–H groups in total. The number of amides is 1. The van der Waals surface area contributed by atoms with Crippen LogP contribution in [0.25, 0.3) is 0 Å². The summed E-state index contributed by atoms with van der Waals surface area (Å²) >= 11 is 0. The van der Waals surface area contributed by atoms with Crippen molar-refractivity contribution in [1.82, 2.24) is 5.32 Å². The molecule has 1 aliphatic carbocycles. The highest BCUT2D eigenvalue weighted by atomic mass is 16.2. The molecule has 1 amide bonds. The first-order chi connectivity index (χ1) is 7.13. The minimum atomic E-state index is 0.148.